The van der Waals surface area contributed by atoms with Crippen LogP contribution in [-0.4, -0.2) is 80.0 Å². The Bertz CT molecular complexity index is 902. The van der Waals surface area contributed by atoms with Crippen molar-refractivity contribution in [1.29, 1.82) is 0 Å². The van der Waals surface area contributed by atoms with Crippen LogP contribution in [0.25, 0.3) is 0 Å². The van der Waals surface area contributed by atoms with Gasteiger partial charge in [-0.15, -0.1) is 17.9 Å². The predicted octanol–water partition coefficient (Wildman–Crippen LogP) is 3.15. The first-order valence-electron chi connectivity index (χ1n) is 11.3. The Morgan fingerprint density at radius 2 is 2.15 bits per heavy atom. The van der Waals surface area contributed by atoms with Crippen molar-refractivity contribution in [1.82, 2.24) is 9.80 Å². The van der Waals surface area contributed by atoms with Gasteiger partial charge >= 0.3 is 0 Å². The Hall–Kier alpha value is -2.39. The summed E-state index contributed by atoms with van der Waals surface area (Å²) in [5.41, 5.74) is 1.15. The zero-order valence-electron chi connectivity index (χ0n) is 19.4. The molecule has 1 aliphatic heterocycles. The summed E-state index contributed by atoms with van der Waals surface area (Å²) in [4.78, 5) is 18.5. The largest absolute Gasteiger partial charge is 0.493 e. The molecule has 33 heavy (non-hydrogen) atoms. The third-order valence-corrected chi connectivity index (χ3v) is 6.70. The van der Waals surface area contributed by atoms with Gasteiger partial charge < -0.3 is 24.2 Å². The fourth-order valence-corrected chi connectivity index (χ4v) is 4.94. The second kappa shape index (κ2) is 12.7. The number of hydrogen-bond acceptors (Lipinski definition) is 7. The number of likely N-dealkylation sites (N-methyl/N-ethyl adjacent to an activating group) is 1. The standard InChI is InChI=1S/C25H34N2O5S/c1-4-13-31-17-19(28)15-26(5-2)16-25(29)27-12-10-24-20(11-14-33-24)21(27)18-32-23-9-7-6-8-22(23)30-3/h4,6-9,11,14,19,21,28H,1,5,10,12-13,15-18H2,2-3H3/t19-,21+/m1/s1. The van der Waals surface area contributed by atoms with E-state index in [0.717, 1.165) is 12.0 Å². The first-order valence-corrected chi connectivity index (χ1v) is 12.2. The van der Waals surface area contributed by atoms with Gasteiger partial charge in [-0.2, -0.15) is 0 Å². The van der Waals surface area contributed by atoms with E-state index in [4.69, 9.17) is 14.2 Å². The number of aliphatic hydroxyl groups excluding tert-OH is 1. The van der Waals surface area contributed by atoms with Crippen LogP contribution in [0, 0.1) is 0 Å². The molecule has 1 N–H and O–H groups in total. The lowest BCUT2D eigenvalue weighted by molar-refractivity contribution is -0.136. The van der Waals surface area contributed by atoms with E-state index >= 15 is 0 Å². The van der Waals surface area contributed by atoms with Crippen LogP contribution in [0.2, 0.25) is 0 Å². The number of hydrogen-bond donors (Lipinski definition) is 1. The highest BCUT2D eigenvalue weighted by atomic mass is 32.1. The van der Waals surface area contributed by atoms with Crippen LogP contribution >= 0.6 is 11.3 Å². The minimum Gasteiger partial charge on any atom is -0.493 e. The van der Waals surface area contributed by atoms with E-state index in [1.807, 2.05) is 41.0 Å². The summed E-state index contributed by atoms with van der Waals surface area (Å²) < 4.78 is 16.9. The predicted molar refractivity (Wildman–Crippen MR) is 130 cm³/mol. The van der Waals surface area contributed by atoms with Crippen LogP contribution in [-0.2, 0) is 16.0 Å². The quantitative estimate of drug-likeness (QED) is 0.355. The van der Waals surface area contributed by atoms with Gasteiger partial charge in [0.1, 0.15) is 6.61 Å². The Morgan fingerprint density at radius 3 is 2.88 bits per heavy atom. The molecule has 0 radical (unpaired) electrons. The molecule has 1 aromatic heterocycles. The number of methoxy groups -OCH3 is 1. The number of thiophene rings is 1. The lowest BCUT2D eigenvalue weighted by Crippen LogP contribution is -2.48. The summed E-state index contributed by atoms with van der Waals surface area (Å²) in [6, 6.07) is 9.46. The van der Waals surface area contributed by atoms with Gasteiger partial charge in [0.05, 0.1) is 39.0 Å². The lowest BCUT2D eigenvalue weighted by Gasteiger charge is -2.37. The molecule has 3 rings (SSSR count). The van der Waals surface area contributed by atoms with Crippen LogP contribution in [0.3, 0.4) is 0 Å². The molecular formula is C25H34N2O5S. The highest BCUT2D eigenvalue weighted by Gasteiger charge is 2.33. The fourth-order valence-electron chi connectivity index (χ4n) is 4.01. The molecule has 0 spiro atoms. The molecule has 2 aromatic rings. The summed E-state index contributed by atoms with van der Waals surface area (Å²) in [5.74, 6) is 1.36. The molecular weight excluding hydrogens is 440 g/mol. The van der Waals surface area contributed by atoms with Crippen molar-refractivity contribution in [3.63, 3.8) is 0 Å². The smallest absolute Gasteiger partial charge is 0.237 e. The zero-order chi connectivity index (χ0) is 23.6. The van der Waals surface area contributed by atoms with Crippen molar-refractivity contribution >= 4 is 17.2 Å². The van der Waals surface area contributed by atoms with Crippen molar-refractivity contribution in [3.8, 4) is 11.5 Å². The van der Waals surface area contributed by atoms with Crippen LogP contribution < -0.4 is 9.47 Å². The molecule has 1 aliphatic rings. The average Bonchev–Trinajstić information content (AvgIpc) is 3.31. The van der Waals surface area contributed by atoms with Crippen molar-refractivity contribution in [2.75, 3.05) is 53.1 Å². The number of para-hydroxylation sites is 2. The molecule has 7 nitrogen and oxygen atoms in total. The van der Waals surface area contributed by atoms with Crippen molar-refractivity contribution in [2.24, 2.45) is 0 Å². The van der Waals surface area contributed by atoms with E-state index in [0.29, 0.717) is 44.3 Å². The van der Waals surface area contributed by atoms with E-state index in [2.05, 4.69) is 18.0 Å². The van der Waals surface area contributed by atoms with Crippen LogP contribution in [0.5, 0.6) is 11.5 Å². The highest BCUT2D eigenvalue weighted by molar-refractivity contribution is 7.10. The number of ether oxygens (including phenoxy) is 3. The summed E-state index contributed by atoms with van der Waals surface area (Å²) >= 11 is 1.73. The normalized spacial score (nSPS) is 16.4. The first-order chi connectivity index (χ1) is 16.1. The maximum absolute atomic E-state index is 13.4. The van der Waals surface area contributed by atoms with E-state index in [-0.39, 0.29) is 25.1 Å². The van der Waals surface area contributed by atoms with Gasteiger partial charge in [0.2, 0.25) is 5.91 Å². The number of rotatable bonds is 13. The Morgan fingerprint density at radius 1 is 1.36 bits per heavy atom. The summed E-state index contributed by atoms with van der Waals surface area (Å²) in [6.07, 6.45) is 1.83. The molecule has 0 aliphatic carbocycles. The molecule has 180 valence electrons. The minimum atomic E-state index is -0.660. The Balaban J connectivity index is 1.67. The molecule has 0 saturated heterocycles. The maximum Gasteiger partial charge on any atom is 0.237 e. The van der Waals surface area contributed by atoms with Crippen LogP contribution in [0.15, 0.2) is 48.4 Å². The number of aliphatic hydroxyl groups is 1. The maximum atomic E-state index is 13.4. The number of carbonyl (C=O) groups excluding carboxylic acids is 1. The highest BCUT2D eigenvalue weighted by Crippen LogP contribution is 2.35. The van der Waals surface area contributed by atoms with Gasteiger partial charge in [-0.3, -0.25) is 9.69 Å². The molecule has 2 atom stereocenters. The number of fused-ring (bicyclic) bond motifs is 1. The van der Waals surface area contributed by atoms with E-state index in [9.17, 15) is 9.90 Å². The second-order valence-electron chi connectivity index (χ2n) is 7.92. The molecule has 1 amide bonds. The number of amides is 1. The molecule has 2 heterocycles. The second-order valence-corrected chi connectivity index (χ2v) is 8.92. The van der Waals surface area contributed by atoms with Crippen molar-refractivity contribution in [2.45, 2.75) is 25.5 Å². The third kappa shape index (κ3) is 6.80. The van der Waals surface area contributed by atoms with Gasteiger partial charge in [-0.25, -0.2) is 0 Å². The molecule has 0 fully saturated rings. The Labute approximate surface area is 200 Å². The monoisotopic (exact) mass is 474 g/mol. The van der Waals surface area contributed by atoms with Crippen LogP contribution in [0.4, 0.5) is 0 Å². The van der Waals surface area contributed by atoms with E-state index < -0.39 is 6.10 Å². The zero-order valence-corrected chi connectivity index (χ0v) is 20.3. The summed E-state index contributed by atoms with van der Waals surface area (Å²) in [6.45, 7) is 8.47. The molecule has 0 saturated carbocycles. The molecule has 1 aromatic carbocycles. The number of benzene rings is 1. The van der Waals surface area contributed by atoms with Gasteiger partial charge in [0.25, 0.3) is 0 Å². The topological polar surface area (TPSA) is 71.5 Å². The summed E-state index contributed by atoms with van der Waals surface area (Å²) in [5, 5.41) is 12.3. The lowest BCUT2D eigenvalue weighted by atomic mass is 10.0. The van der Waals surface area contributed by atoms with Crippen molar-refractivity contribution < 1.29 is 24.1 Å². The SMILES string of the molecule is C=CCOC[C@H](O)CN(CC)CC(=O)N1CCc2sccc2[C@@H]1COc1ccccc1OC. The minimum absolute atomic E-state index is 0.0292. The number of nitrogens with zero attached hydrogens (tertiary/aromatic N) is 2. The summed E-state index contributed by atoms with van der Waals surface area (Å²) in [7, 11) is 1.62. The van der Waals surface area contributed by atoms with Gasteiger partial charge in [0, 0.05) is 18.0 Å². The van der Waals surface area contributed by atoms with Gasteiger partial charge in [-0.1, -0.05) is 25.1 Å². The van der Waals surface area contributed by atoms with Gasteiger partial charge in [0.15, 0.2) is 11.5 Å². The third-order valence-electron chi connectivity index (χ3n) is 5.70. The van der Waals surface area contributed by atoms with Crippen molar-refractivity contribution in [3.05, 3.63) is 58.8 Å². The van der Waals surface area contributed by atoms with E-state index in [1.54, 1.807) is 24.5 Å². The molecule has 8 heteroatoms. The fraction of sp³-hybridized carbons (Fsp3) is 0.480. The molecule has 0 bridgehead atoms. The van der Waals surface area contributed by atoms with Gasteiger partial charge in [-0.05, 0) is 42.1 Å². The number of carbonyl (C=O) groups is 1. The first kappa shape index (κ1) is 25.2. The Kier molecular flexibility index (Phi) is 9.75. The average molecular weight is 475 g/mol. The molecule has 0 unspecified atom stereocenters. The van der Waals surface area contributed by atoms with E-state index in [1.165, 1.54) is 4.88 Å². The van der Waals surface area contributed by atoms with Crippen LogP contribution in [0.1, 0.15) is 23.4 Å².